The highest BCUT2D eigenvalue weighted by molar-refractivity contribution is 6.33. The first-order valence-corrected chi connectivity index (χ1v) is 9.02. The van der Waals surface area contributed by atoms with E-state index in [2.05, 4.69) is 23.8 Å². The molecule has 4 nitrogen and oxygen atoms in total. The van der Waals surface area contributed by atoms with Crippen LogP contribution in [0.25, 0.3) is 0 Å². The molecule has 5 heteroatoms. The molecule has 138 valence electrons. The number of ether oxygens (including phenoxy) is 1. The predicted octanol–water partition coefficient (Wildman–Crippen LogP) is 5.07. The molecule has 0 amide bonds. The van der Waals surface area contributed by atoms with Crippen LogP contribution in [0.4, 0.5) is 5.69 Å². The fourth-order valence-corrected chi connectivity index (χ4v) is 2.58. The van der Waals surface area contributed by atoms with Gasteiger partial charge in [0.1, 0.15) is 12.4 Å². The highest BCUT2D eigenvalue weighted by Crippen LogP contribution is 2.29. The van der Waals surface area contributed by atoms with Crippen molar-refractivity contribution in [3.8, 4) is 5.75 Å². The molecule has 0 aliphatic carbocycles. The van der Waals surface area contributed by atoms with Crippen LogP contribution < -0.4 is 4.74 Å². The zero-order chi connectivity index (χ0) is 19.1. The van der Waals surface area contributed by atoms with Crippen LogP contribution in [0.5, 0.6) is 5.75 Å². The highest BCUT2D eigenvalue weighted by atomic mass is 35.5. The average Bonchev–Trinajstić information content (AvgIpc) is 2.64. The maximum absolute atomic E-state index is 6.44. The molecule has 0 aromatic heterocycles. The summed E-state index contributed by atoms with van der Waals surface area (Å²) in [6.45, 7) is 7.43. The molecule has 0 saturated carbocycles. The molecule has 0 fully saturated rings. The first-order valence-electron chi connectivity index (χ1n) is 8.64. The Morgan fingerprint density at radius 1 is 1.19 bits per heavy atom. The van der Waals surface area contributed by atoms with E-state index in [0.717, 1.165) is 34.8 Å². The van der Waals surface area contributed by atoms with Crippen molar-refractivity contribution in [2.75, 3.05) is 27.2 Å². The van der Waals surface area contributed by atoms with Gasteiger partial charge in [0.15, 0.2) is 0 Å². The van der Waals surface area contributed by atoms with Crippen molar-refractivity contribution in [3.63, 3.8) is 0 Å². The molecule has 0 bridgehead atoms. The molecule has 0 atom stereocenters. The Labute approximate surface area is 161 Å². The SMILES string of the molecule is CCN(C)/C=N\c1cc(C)c(/C(COc2ccc(C)cc2)=N/C)cc1Cl. The van der Waals surface area contributed by atoms with E-state index in [1.54, 1.807) is 13.4 Å². The monoisotopic (exact) mass is 371 g/mol. The Kier molecular flexibility index (Phi) is 7.22. The summed E-state index contributed by atoms with van der Waals surface area (Å²) in [4.78, 5) is 10.9. The lowest BCUT2D eigenvalue weighted by Crippen LogP contribution is -2.15. The van der Waals surface area contributed by atoms with Crippen molar-refractivity contribution in [3.05, 3.63) is 58.1 Å². The lowest BCUT2D eigenvalue weighted by atomic mass is 10.0. The molecule has 0 saturated heterocycles. The Bertz CT molecular complexity index is 798. The minimum atomic E-state index is 0.387. The molecule has 0 heterocycles. The number of hydrogen-bond donors (Lipinski definition) is 0. The molecule has 0 spiro atoms. The van der Waals surface area contributed by atoms with Gasteiger partial charge in [0.05, 0.1) is 22.8 Å². The molecule has 0 radical (unpaired) electrons. The zero-order valence-electron chi connectivity index (χ0n) is 16.1. The van der Waals surface area contributed by atoms with Crippen molar-refractivity contribution < 1.29 is 4.74 Å². The summed E-state index contributed by atoms with van der Waals surface area (Å²) in [6, 6.07) is 11.9. The molecule has 2 rings (SSSR count). The number of aryl methyl sites for hydroxylation is 2. The van der Waals surface area contributed by atoms with Crippen molar-refractivity contribution in [2.24, 2.45) is 9.98 Å². The van der Waals surface area contributed by atoms with Gasteiger partial charge in [-0.05, 0) is 50.6 Å². The largest absolute Gasteiger partial charge is 0.487 e. The lowest BCUT2D eigenvalue weighted by molar-refractivity contribution is 0.376. The average molecular weight is 372 g/mol. The Balaban J connectivity index is 2.18. The summed E-state index contributed by atoms with van der Waals surface area (Å²) < 4.78 is 5.88. The second kappa shape index (κ2) is 9.39. The van der Waals surface area contributed by atoms with E-state index < -0.39 is 0 Å². The minimum absolute atomic E-state index is 0.387. The second-order valence-electron chi connectivity index (χ2n) is 6.21. The number of hydrogen-bond acceptors (Lipinski definition) is 3. The molecule has 0 aliphatic rings. The standard InChI is InChI=1S/C21H26ClN3O/c1-6-25(5)14-24-20-11-16(3)18(12-19(20)22)21(23-4)13-26-17-9-7-15(2)8-10-17/h7-12,14H,6,13H2,1-5H3/b23-21+,24-14-. The Hall–Kier alpha value is -2.33. The summed E-state index contributed by atoms with van der Waals surface area (Å²) in [5.74, 6) is 0.823. The summed E-state index contributed by atoms with van der Waals surface area (Å²) >= 11 is 6.44. The zero-order valence-corrected chi connectivity index (χ0v) is 16.8. The van der Waals surface area contributed by atoms with Gasteiger partial charge in [-0.25, -0.2) is 4.99 Å². The molecule has 0 N–H and O–H groups in total. The van der Waals surface area contributed by atoms with Gasteiger partial charge in [0.25, 0.3) is 0 Å². The predicted molar refractivity (Wildman–Crippen MR) is 112 cm³/mol. The van der Waals surface area contributed by atoms with Crippen LogP contribution in [0.15, 0.2) is 46.4 Å². The molecule has 0 aliphatic heterocycles. The molecular formula is C21H26ClN3O. The summed E-state index contributed by atoms with van der Waals surface area (Å²) in [7, 11) is 3.74. The van der Waals surface area contributed by atoms with Crippen molar-refractivity contribution in [2.45, 2.75) is 20.8 Å². The van der Waals surface area contributed by atoms with Crippen LogP contribution in [0.1, 0.15) is 23.6 Å². The van der Waals surface area contributed by atoms with Crippen molar-refractivity contribution >= 4 is 29.3 Å². The lowest BCUT2D eigenvalue weighted by Gasteiger charge is -2.13. The Morgan fingerprint density at radius 3 is 2.50 bits per heavy atom. The third-order valence-corrected chi connectivity index (χ3v) is 4.47. The number of benzene rings is 2. The van der Waals surface area contributed by atoms with Gasteiger partial charge in [-0.15, -0.1) is 0 Å². The molecule has 26 heavy (non-hydrogen) atoms. The summed E-state index contributed by atoms with van der Waals surface area (Å²) in [5.41, 5.74) is 4.85. The molecule has 2 aromatic rings. The molecular weight excluding hydrogens is 346 g/mol. The molecule has 0 unspecified atom stereocenters. The van der Waals surface area contributed by atoms with E-state index >= 15 is 0 Å². The van der Waals surface area contributed by atoms with Crippen LogP contribution in [0.3, 0.4) is 0 Å². The number of halogens is 1. The van der Waals surface area contributed by atoms with Crippen molar-refractivity contribution in [1.29, 1.82) is 0 Å². The Morgan fingerprint density at radius 2 is 1.88 bits per heavy atom. The maximum Gasteiger partial charge on any atom is 0.130 e. The molecule has 2 aromatic carbocycles. The fourth-order valence-electron chi connectivity index (χ4n) is 2.37. The van der Waals surface area contributed by atoms with Crippen LogP contribution in [-0.4, -0.2) is 44.2 Å². The van der Waals surface area contributed by atoms with E-state index in [1.807, 2.05) is 55.3 Å². The van der Waals surface area contributed by atoms with E-state index in [1.165, 1.54) is 5.56 Å². The third kappa shape index (κ3) is 5.33. The van der Waals surface area contributed by atoms with Gasteiger partial charge >= 0.3 is 0 Å². The normalized spacial score (nSPS) is 11.8. The van der Waals surface area contributed by atoms with Crippen LogP contribution in [0, 0.1) is 13.8 Å². The topological polar surface area (TPSA) is 37.2 Å². The number of rotatable bonds is 7. The minimum Gasteiger partial charge on any atom is -0.487 e. The smallest absolute Gasteiger partial charge is 0.130 e. The van der Waals surface area contributed by atoms with Crippen LogP contribution in [-0.2, 0) is 0 Å². The third-order valence-electron chi connectivity index (χ3n) is 4.16. The van der Waals surface area contributed by atoms with Gasteiger partial charge in [0, 0.05) is 26.2 Å². The van der Waals surface area contributed by atoms with E-state index in [9.17, 15) is 0 Å². The van der Waals surface area contributed by atoms with E-state index in [-0.39, 0.29) is 0 Å². The first-order chi connectivity index (χ1) is 12.4. The van der Waals surface area contributed by atoms with Gasteiger partial charge in [-0.3, -0.25) is 4.99 Å². The maximum atomic E-state index is 6.44. The van der Waals surface area contributed by atoms with E-state index in [0.29, 0.717) is 11.6 Å². The van der Waals surface area contributed by atoms with Crippen LogP contribution >= 0.6 is 11.6 Å². The fraction of sp³-hybridized carbons (Fsp3) is 0.333. The van der Waals surface area contributed by atoms with Gasteiger partial charge < -0.3 is 9.64 Å². The second-order valence-corrected chi connectivity index (χ2v) is 6.62. The van der Waals surface area contributed by atoms with Crippen molar-refractivity contribution in [1.82, 2.24) is 4.90 Å². The van der Waals surface area contributed by atoms with Gasteiger partial charge in [0.2, 0.25) is 0 Å². The first kappa shape index (κ1) is 20.0. The number of nitrogens with zero attached hydrogens (tertiary/aromatic N) is 3. The van der Waals surface area contributed by atoms with Crippen LogP contribution in [0.2, 0.25) is 5.02 Å². The number of aliphatic imine (C=N–C) groups is 2. The van der Waals surface area contributed by atoms with E-state index in [4.69, 9.17) is 16.3 Å². The highest BCUT2D eigenvalue weighted by Gasteiger charge is 2.11. The summed E-state index contributed by atoms with van der Waals surface area (Å²) in [6.07, 6.45) is 1.79. The van der Waals surface area contributed by atoms with Gasteiger partial charge in [-0.2, -0.15) is 0 Å². The van der Waals surface area contributed by atoms with Gasteiger partial charge in [-0.1, -0.05) is 29.3 Å². The summed E-state index contributed by atoms with van der Waals surface area (Å²) in [5, 5.41) is 0.600. The quantitative estimate of drug-likeness (QED) is 0.503.